The number of benzene rings is 3. The number of rotatable bonds is 34. The second-order valence-electron chi connectivity index (χ2n) is 22.9. The van der Waals surface area contributed by atoms with Crippen molar-refractivity contribution in [2.45, 2.75) is 163 Å². The second kappa shape index (κ2) is 33.8. The summed E-state index contributed by atoms with van der Waals surface area (Å²) < 4.78 is 51.0. The molecule has 2 saturated heterocycles. The van der Waals surface area contributed by atoms with Crippen LogP contribution in [0.2, 0.25) is 0 Å². The zero-order valence-electron chi connectivity index (χ0n) is 48.5. The molecule has 0 saturated carbocycles. The number of hydrogen-bond acceptors (Lipinski definition) is 15. The Morgan fingerprint density at radius 1 is 0.793 bits per heavy atom. The molecule has 0 spiro atoms. The number of hydrogen-bond donors (Lipinski definition) is 3. The number of morpholine rings is 1. The summed E-state index contributed by atoms with van der Waals surface area (Å²) in [6.45, 7) is 14.8. The Balaban J connectivity index is 0.00000230. The minimum Gasteiger partial charge on any atom is -0.748 e. The van der Waals surface area contributed by atoms with Crippen LogP contribution in [-0.4, -0.2) is 131 Å². The van der Waals surface area contributed by atoms with Crippen molar-refractivity contribution < 1.29 is 65.2 Å². The van der Waals surface area contributed by atoms with Gasteiger partial charge in [-0.2, -0.15) is 15.4 Å². The molecular formula is C62H90N6O13S. The molecule has 0 bridgehead atoms. The number of aromatic nitrogens is 3. The number of H-pyrrole nitrogens is 1. The van der Waals surface area contributed by atoms with Crippen LogP contribution >= 0.6 is 0 Å². The number of nitrogens with one attached hydrogen (secondary N) is 3. The Bertz CT molecular complexity index is 2720. The Hall–Kier alpha value is -6.19. The van der Waals surface area contributed by atoms with Gasteiger partial charge in [-0.15, -0.1) is 0 Å². The average molecular weight is 1160 g/mol. The normalized spacial score (nSPS) is 17.0. The number of unbranched alkanes of at least 4 members (excludes halogenated alkanes) is 4. The molecule has 2 aliphatic heterocycles. The SMILES string of the molecule is C.CCCCCCCC(=O)Oc1ccc(C[N+]2(CC(=O)C[C@@H](CCc3ccccc3)C(=O)N[C@@H](CC(C)C)C(=O)C[C@@H](Cc3ccccc3)C(=O)N[C@@H](CC(C)C)C(=O)[C@@]3(C)CO3)CCOCC2)cc1OCc1cn[nH]n1.CS(=O)(=O)[O-]. The second-order valence-corrected chi connectivity index (χ2v) is 24.3. The van der Waals surface area contributed by atoms with Crippen LogP contribution in [0.25, 0.3) is 0 Å². The van der Waals surface area contributed by atoms with Gasteiger partial charge in [0.05, 0.1) is 48.2 Å². The van der Waals surface area contributed by atoms with Gasteiger partial charge in [0.2, 0.25) is 11.8 Å². The molecule has 2 fully saturated rings. The van der Waals surface area contributed by atoms with Crippen LogP contribution in [0.5, 0.6) is 11.5 Å². The van der Waals surface area contributed by atoms with E-state index in [1.165, 1.54) is 0 Å². The van der Waals surface area contributed by atoms with Crippen molar-refractivity contribution in [2.75, 3.05) is 45.7 Å². The molecule has 20 heteroatoms. The Kier molecular flexibility index (Phi) is 28.2. The fourth-order valence-electron chi connectivity index (χ4n) is 10.0. The lowest BCUT2D eigenvalue weighted by Crippen LogP contribution is -2.57. The number of ketones is 3. The first-order valence-corrected chi connectivity index (χ1v) is 30.4. The number of nitrogens with zero attached hydrogens (tertiary/aromatic N) is 3. The van der Waals surface area contributed by atoms with Gasteiger partial charge in [0.15, 0.2) is 28.8 Å². The maximum absolute atomic E-state index is 14.8. The Labute approximate surface area is 486 Å². The summed E-state index contributed by atoms with van der Waals surface area (Å²) in [6.07, 6.45) is 9.16. The van der Waals surface area contributed by atoms with Gasteiger partial charge in [0, 0.05) is 42.9 Å². The summed E-state index contributed by atoms with van der Waals surface area (Å²) in [4.78, 5) is 85.0. The predicted molar refractivity (Wildman–Crippen MR) is 311 cm³/mol. The number of ether oxygens (including phenoxy) is 4. The molecule has 4 aromatic rings. The third-order valence-corrected chi connectivity index (χ3v) is 14.5. The fraction of sp³-hybridized carbons (Fsp3) is 0.581. The van der Waals surface area contributed by atoms with Gasteiger partial charge < -0.3 is 38.6 Å². The lowest BCUT2D eigenvalue weighted by molar-refractivity contribution is -0.940. The minimum absolute atomic E-state index is 0. The molecule has 1 aromatic heterocycles. The van der Waals surface area contributed by atoms with E-state index in [0.29, 0.717) is 99.5 Å². The van der Waals surface area contributed by atoms with Crippen LogP contribution in [0, 0.1) is 23.7 Å². The number of carbonyl (C=O) groups is 6. The topological polar surface area (TPSA) is 265 Å². The highest BCUT2D eigenvalue weighted by atomic mass is 32.2. The van der Waals surface area contributed by atoms with E-state index in [4.69, 9.17) is 31.9 Å². The zero-order chi connectivity index (χ0) is 59.0. The number of quaternary nitrogens is 1. The molecule has 2 aliphatic rings. The van der Waals surface area contributed by atoms with Crippen molar-refractivity contribution in [1.82, 2.24) is 26.0 Å². The number of carbonyl (C=O) groups excluding carboxylic acids is 6. The van der Waals surface area contributed by atoms with E-state index in [1.807, 2.05) is 100 Å². The average Bonchev–Trinajstić information content (AvgIpc) is 4.17. The number of Topliss-reactive ketones (excluding diaryl/α,β-unsaturated/α-hetero) is 3. The molecule has 3 N–H and O–H groups in total. The molecule has 2 amide bonds. The highest BCUT2D eigenvalue weighted by molar-refractivity contribution is 7.84. The summed E-state index contributed by atoms with van der Waals surface area (Å²) in [7, 11) is -3.92. The van der Waals surface area contributed by atoms with Crippen LogP contribution < -0.4 is 20.1 Å². The number of aryl methyl sites for hydroxylation is 1. The number of esters is 1. The number of amides is 2. The first-order valence-electron chi connectivity index (χ1n) is 28.6. The molecule has 0 radical (unpaired) electrons. The minimum atomic E-state index is -3.92. The number of epoxide rings is 1. The smallest absolute Gasteiger partial charge is 0.311 e. The molecule has 5 atom stereocenters. The maximum Gasteiger partial charge on any atom is 0.311 e. The third kappa shape index (κ3) is 24.7. The monoisotopic (exact) mass is 1160 g/mol. The lowest BCUT2D eigenvalue weighted by atomic mass is 9.87. The molecule has 3 aromatic carbocycles. The lowest BCUT2D eigenvalue weighted by Gasteiger charge is -2.41. The van der Waals surface area contributed by atoms with E-state index in [1.54, 1.807) is 19.2 Å². The van der Waals surface area contributed by atoms with Crippen LogP contribution in [-0.2, 0) is 74.4 Å². The van der Waals surface area contributed by atoms with E-state index >= 15 is 0 Å². The van der Waals surface area contributed by atoms with Crippen LogP contribution in [0.1, 0.15) is 142 Å². The summed E-state index contributed by atoms with van der Waals surface area (Å²) in [5.74, 6) is -2.49. The van der Waals surface area contributed by atoms with Crippen molar-refractivity contribution in [1.29, 1.82) is 0 Å². The first kappa shape index (κ1) is 68.3. The molecule has 6 rings (SSSR count). The fourth-order valence-corrected chi connectivity index (χ4v) is 10.0. The number of aromatic amines is 1. The van der Waals surface area contributed by atoms with Gasteiger partial charge in [0.25, 0.3) is 0 Å². The molecular weight excluding hydrogens is 1070 g/mol. The standard InChI is InChI=1S/C60H82N6O10.CH4O3S.CH4/c1-7-8-9-10-17-22-56(69)76-54-26-24-46(34-55(54)74-40-49-37-61-65-64-49)38-66(27-29-73-30-28-66)39-50(67)35-47(25-23-44-18-13-11-14-19-44)58(71)62-51(31-42(2)3)53(68)36-48(33-45-20-15-12-16-21-45)59(72)63-52(32-43(4)5)57(70)60(6)41-75-60;1-5(2,3)4;/h11-16,18-21,24,26,34,37,42-43,47-48,51-52H,7-10,17,22-23,25,27-33,35-36,38-41H2,1-6H3,(H2-,61,62,63,64,65,71,72);1H3,(H,2,3,4);1H4/t47-,48-,51+,52+,60-;;/m1../s1. The molecule has 82 heavy (non-hydrogen) atoms. The summed E-state index contributed by atoms with van der Waals surface area (Å²) >= 11 is 0. The summed E-state index contributed by atoms with van der Waals surface area (Å²) in [5, 5.41) is 16.7. The molecule has 3 heterocycles. The highest BCUT2D eigenvalue weighted by Gasteiger charge is 2.50. The van der Waals surface area contributed by atoms with Crippen molar-refractivity contribution in [2.24, 2.45) is 23.7 Å². The Morgan fingerprint density at radius 3 is 1.99 bits per heavy atom. The summed E-state index contributed by atoms with van der Waals surface area (Å²) in [5.41, 5.74) is 2.38. The predicted octanol–water partition coefficient (Wildman–Crippen LogP) is 8.24. The van der Waals surface area contributed by atoms with Gasteiger partial charge in [-0.05, 0) is 86.6 Å². The first-order chi connectivity index (χ1) is 38.5. The van der Waals surface area contributed by atoms with Crippen molar-refractivity contribution in [3.05, 3.63) is 107 Å². The highest BCUT2D eigenvalue weighted by Crippen LogP contribution is 2.33. The Morgan fingerprint density at radius 2 is 1.39 bits per heavy atom. The molecule has 0 aliphatic carbocycles. The van der Waals surface area contributed by atoms with Crippen molar-refractivity contribution in [3.63, 3.8) is 0 Å². The molecule has 19 nitrogen and oxygen atoms in total. The van der Waals surface area contributed by atoms with Gasteiger partial charge >= 0.3 is 5.97 Å². The van der Waals surface area contributed by atoms with Gasteiger partial charge in [-0.25, -0.2) is 8.42 Å². The van der Waals surface area contributed by atoms with E-state index in [9.17, 15) is 28.8 Å². The molecule has 0 unspecified atom stereocenters. The van der Waals surface area contributed by atoms with E-state index < -0.39 is 45.5 Å². The molecule has 452 valence electrons. The van der Waals surface area contributed by atoms with Crippen molar-refractivity contribution in [3.8, 4) is 11.5 Å². The quantitative estimate of drug-likeness (QED) is 0.00993. The zero-order valence-corrected chi connectivity index (χ0v) is 49.3. The maximum atomic E-state index is 14.8. The van der Waals surface area contributed by atoms with E-state index in [2.05, 4.69) is 33.0 Å². The van der Waals surface area contributed by atoms with Gasteiger partial charge in [-0.1, -0.05) is 128 Å². The van der Waals surface area contributed by atoms with E-state index in [0.717, 1.165) is 48.8 Å². The summed E-state index contributed by atoms with van der Waals surface area (Å²) in [6, 6.07) is 23.1. The largest absolute Gasteiger partial charge is 0.748 e. The van der Waals surface area contributed by atoms with Crippen molar-refractivity contribution >= 4 is 45.3 Å². The van der Waals surface area contributed by atoms with Gasteiger partial charge in [0.1, 0.15) is 44.1 Å². The van der Waals surface area contributed by atoms with Gasteiger partial charge in [-0.3, -0.25) is 28.8 Å². The van der Waals surface area contributed by atoms with Crippen LogP contribution in [0.15, 0.2) is 85.1 Å². The van der Waals surface area contributed by atoms with E-state index in [-0.39, 0.29) is 80.9 Å². The third-order valence-electron chi connectivity index (χ3n) is 14.5. The van der Waals surface area contributed by atoms with Crippen LogP contribution in [0.4, 0.5) is 0 Å². The van der Waals surface area contributed by atoms with Crippen LogP contribution in [0.3, 0.4) is 0 Å².